The summed E-state index contributed by atoms with van der Waals surface area (Å²) < 4.78 is 16.4. The Hall–Kier alpha value is -2.11. The third kappa shape index (κ3) is 8.01. The van der Waals surface area contributed by atoms with Crippen molar-refractivity contribution >= 4 is 29.9 Å². The summed E-state index contributed by atoms with van der Waals surface area (Å²) in [5.41, 5.74) is 2.16. The van der Waals surface area contributed by atoms with Gasteiger partial charge in [0.15, 0.2) is 5.96 Å². The molecule has 1 unspecified atom stereocenters. The Labute approximate surface area is 214 Å². The molecule has 8 nitrogen and oxygen atoms in total. The number of aromatic nitrogens is 1. The van der Waals surface area contributed by atoms with Gasteiger partial charge in [-0.2, -0.15) is 0 Å². The number of para-hydroxylation sites is 1. The number of benzene rings is 1. The Kier molecular flexibility index (Phi) is 12.3. The number of aliphatic imine (C=N–C) groups is 1. The van der Waals surface area contributed by atoms with Gasteiger partial charge in [-0.25, -0.2) is 4.98 Å². The standard InChI is InChI=1S/C24H35N5O3.HI/c1-25-24(27-17-19-9-8-12-26-23(19)32-16-15-30-2)28-18-21(29-13-6-7-14-29)20-10-4-5-11-22(20)31-3;/h4-5,8-12,21H,6-7,13-18H2,1-3H3,(H2,25,27,28);1H. The highest BCUT2D eigenvalue weighted by atomic mass is 127. The summed E-state index contributed by atoms with van der Waals surface area (Å²) in [6, 6.07) is 12.4. The van der Waals surface area contributed by atoms with Crippen LogP contribution in [0.2, 0.25) is 0 Å². The van der Waals surface area contributed by atoms with Crippen LogP contribution in [0.15, 0.2) is 47.6 Å². The SMILES string of the molecule is CN=C(NCc1cccnc1OCCOC)NCC(c1ccccc1OC)N1CCCC1.I. The number of halogens is 1. The van der Waals surface area contributed by atoms with Crippen LogP contribution < -0.4 is 20.1 Å². The van der Waals surface area contributed by atoms with Gasteiger partial charge in [0.1, 0.15) is 12.4 Å². The number of likely N-dealkylation sites (tertiary alicyclic amines) is 1. The summed E-state index contributed by atoms with van der Waals surface area (Å²) in [6.07, 6.45) is 4.18. The molecule has 0 amide bonds. The van der Waals surface area contributed by atoms with E-state index in [0.717, 1.165) is 36.9 Å². The molecule has 1 fully saturated rings. The molecule has 3 rings (SSSR count). The molecule has 1 aromatic heterocycles. The van der Waals surface area contributed by atoms with Crippen molar-refractivity contribution in [3.63, 3.8) is 0 Å². The summed E-state index contributed by atoms with van der Waals surface area (Å²) in [5, 5.41) is 6.88. The van der Waals surface area contributed by atoms with E-state index in [-0.39, 0.29) is 30.0 Å². The van der Waals surface area contributed by atoms with E-state index in [0.29, 0.717) is 25.6 Å². The lowest BCUT2D eigenvalue weighted by atomic mass is 10.0. The molecule has 0 saturated carbocycles. The van der Waals surface area contributed by atoms with Crippen LogP contribution in [0, 0.1) is 0 Å². The van der Waals surface area contributed by atoms with Crippen LogP contribution in [0.4, 0.5) is 0 Å². The molecule has 2 aromatic rings. The summed E-state index contributed by atoms with van der Waals surface area (Å²) in [5.74, 6) is 2.26. The number of nitrogens with one attached hydrogen (secondary N) is 2. The van der Waals surface area contributed by atoms with Crippen LogP contribution in [0.3, 0.4) is 0 Å². The minimum atomic E-state index is 0. The maximum Gasteiger partial charge on any atom is 0.218 e. The minimum absolute atomic E-state index is 0. The Balaban J connectivity index is 0.00000385. The van der Waals surface area contributed by atoms with Gasteiger partial charge in [0.2, 0.25) is 5.88 Å². The normalized spacial score (nSPS) is 14.9. The highest BCUT2D eigenvalue weighted by Crippen LogP contribution is 2.31. The Morgan fingerprint density at radius 3 is 2.61 bits per heavy atom. The topological polar surface area (TPSA) is 80.2 Å². The molecule has 1 aliphatic heterocycles. The first-order chi connectivity index (χ1) is 15.8. The Bertz CT molecular complexity index is 861. The van der Waals surface area contributed by atoms with E-state index in [2.05, 4.69) is 37.6 Å². The van der Waals surface area contributed by atoms with Crippen molar-refractivity contribution in [1.82, 2.24) is 20.5 Å². The molecule has 1 aromatic carbocycles. The summed E-state index contributed by atoms with van der Waals surface area (Å²) in [4.78, 5) is 11.3. The average Bonchev–Trinajstić information content (AvgIpc) is 3.37. The number of hydrogen-bond donors (Lipinski definition) is 2. The molecule has 9 heteroatoms. The van der Waals surface area contributed by atoms with Crippen LogP contribution in [-0.4, -0.2) is 70.0 Å². The summed E-state index contributed by atoms with van der Waals surface area (Å²) in [6.45, 7) is 4.45. The number of guanidine groups is 1. The van der Waals surface area contributed by atoms with Crippen LogP contribution in [0.1, 0.15) is 30.0 Å². The second-order valence-corrected chi connectivity index (χ2v) is 7.62. The van der Waals surface area contributed by atoms with Crippen LogP contribution in [0.5, 0.6) is 11.6 Å². The first-order valence-electron chi connectivity index (χ1n) is 11.1. The highest BCUT2D eigenvalue weighted by molar-refractivity contribution is 14.0. The van der Waals surface area contributed by atoms with E-state index in [1.54, 1.807) is 27.5 Å². The molecule has 2 heterocycles. The molecule has 1 aliphatic rings. The van der Waals surface area contributed by atoms with E-state index >= 15 is 0 Å². The molecule has 33 heavy (non-hydrogen) atoms. The molecule has 1 atom stereocenters. The molecule has 182 valence electrons. The summed E-state index contributed by atoms with van der Waals surface area (Å²) >= 11 is 0. The predicted octanol–water partition coefficient (Wildman–Crippen LogP) is 3.24. The van der Waals surface area contributed by atoms with E-state index < -0.39 is 0 Å². The van der Waals surface area contributed by atoms with Gasteiger partial charge in [-0.1, -0.05) is 24.3 Å². The van der Waals surface area contributed by atoms with Crippen molar-refractivity contribution in [3.8, 4) is 11.6 Å². The fourth-order valence-electron chi connectivity index (χ4n) is 3.93. The molecule has 0 spiro atoms. The van der Waals surface area contributed by atoms with Gasteiger partial charge in [-0.3, -0.25) is 9.89 Å². The predicted molar refractivity (Wildman–Crippen MR) is 142 cm³/mol. The first kappa shape index (κ1) is 27.1. The fraction of sp³-hybridized carbons (Fsp3) is 0.500. The Morgan fingerprint density at radius 1 is 1.09 bits per heavy atom. The van der Waals surface area contributed by atoms with Gasteiger partial charge < -0.3 is 24.8 Å². The van der Waals surface area contributed by atoms with Crippen molar-refractivity contribution < 1.29 is 14.2 Å². The van der Waals surface area contributed by atoms with Gasteiger partial charge in [0, 0.05) is 44.6 Å². The Morgan fingerprint density at radius 2 is 1.88 bits per heavy atom. The number of rotatable bonds is 11. The first-order valence-corrected chi connectivity index (χ1v) is 11.1. The van der Waals surface area contributed by atoms with Gasteiger partial charge >= 0.3 is 0 Å². The number of ether oxygens (including phenoxy) is 3. The second kappa shape index (κ2) is 14.9. The third-order valence-electron chi connectivity index (χ3n) is 5.59. The number of nitrogens with zero attached hydrogens (tertiary/aromatic N) is 3. The molecular formula is C24H36IN5O3. The van der Waals surface area contributed by atoms with Crippen molar-refractivity contribution in [1.29, 1.82) is 0 Å². The lowest BCUT2D eigenvalue weighted by Crippen LogP contribution is -2.42. The lowest BCUT2D eigenvalue weighted by molar-refractivity contribution is 0.143. The number of pyridine rings is 1. The minimum Gasteiger partial charge on any atom is -0.496 e. The fourth-order valence-corrected chi connectivity index (χ4v) is 3.93. The molecule has 2 N–H and O–H groups in total. The quantitative estimate of drug-likeness (QED) is 0.186. The van der Waals surface area contributed by atoms with E-state index in [1.165, 1.54) is 18.4 Å². The van der Waals surface area contributed by atoms with Crippen LogP contribution in [0.25, 0.3) is 0 Å². The van der Waals surface area contributed by atoms with Crippen molar-refractivity contribution in [2.45, 2.75) is 25.4 Å². The zero-order chi connectivity index (χ0) is 22.6. The van der Waals surface area contributed by atoms with Crippen LogP contribution >= 0.6 is 24.0 Å². The largest absolute Gasteiger partial charge is 0.496 e. The average molecular weight is 569 g/mol. The number of hydrogen-bond acceptors (Lipinski definition) is 6. The molecule has 0 aliphatic carbocycles. The van der Waals surface area contributed by atoms with E-state index in [9.17, 15) is 0 Å². The second-order valence-electron chi connectivity index (χ2n) is 7.62. The number of methoxy groups -OCH3 is 2. The van der Waals surface area contributed by atoms with Gasteiger partial charge in [0.05, 0.1) is 19.8 Å². The smallest absolute Gasteiger partial charge is 0.218 e. The maximum absolute atomic E-state index is 5.74. The lowest BCUT2D eigenvalue weighted by Gasteiger charge is -2.30. The molecule has 1 saturated heterocycles. The zero-order valence-electron chi connectivity index (χ0n) is 19.8. The maximum atomic E-state index is 5.74. The van der Waals surface area contributed by atoms with E-state index in [4.69, 9.17) is 14.2 Å². The van der Waals surface area contributed by atoms with Crippen molar-refractivity contribution in [2.24, 2.45) is 4.99 Å². The monoisotopic (exact) mass is 569 g/mol. The zero-order valence-corrected chi connectivity index (χ0v) is 22.1. The van der Waals surface area contributed by atoms with Crippen molar-refractivity contribution in [2.75, 3.05) is 54.1 Å². The van der Waals surface area contributed by atoms with E-state index in [1.807, 2.05) is 24.3 Å². The summed E-state index contributed by atoms with van der Waals surface area (Å²) in [7, 11) is 5.16. The molecule has 0 radical (unpaired) electrons. The highest BCUT2D eigenvalue weighted by Gasteiger charge is 2.26. The van der Waals surface area contributed by atoms with Crippen LogP contribution in [-0.2, 0) is 11.3 Å². The van der Waals surface area contributed by atoms with Gasteiger partial charge in [-0.05, 0) is 38.1 Å². The van der Waals surface area contributed by atoms with Crippen molar-refractivity contribution in [3.05, 3.63) is 53.7 Å². The third-order valence-corrected chi connectivity index (χ3v) is 5.59. The molecule has 0 bridgehead atoms. The van der Waals surface area contributed by atoms with Gasteiger partial charge in [-0.15, -0.1) is 24.0 Å². The molecular weight excluding hydrogens is 533 g/mol. The van der Waals surface area contributed by atoms with Gasteiger partial charge in [0.25, 0.3) is 0 Å².